The fourth-order valence-electron chi connectivity index (χ4n) is 0.408. The Morgan fingerprint density at radius 2 is 2.00 bits per heavy atom. The topological polar surface area (TPSA) is 29.1 Å². The van der Waals surface area contributed by atoms with Gasteiger partial charge in [0.15, 0.2) is 0 Å². The molecule has 0 saturated heterocycles. The lowest BCUT2D eigenvalue weighted by molar-refractivity contribution is -0.120. The van der Waals surface area contributed by atoms with Gasteiger partial charge in [0.1, 0.15) is 0 Å². The summed E-state index contributed by atoms with van der Waals surface area (Å²) in [6, 6.07) is 0.203. The maximum absolute atomic E-state index is 11.2. The van der Waals surface area contributed by atoms with Crippen LogP contribution < -0.4 is 5.32 Å². The van der Waals surface area contributed by atoms with Gasteiger partial charge in [-0.3, -0.25) is 4.79 Å². The van der Waals surface area contributed by atoms with Crippen LogP contribution in [0.5, 0.6) is 0 Å². The molecule has 11 heavy (non-hydrogen) atoms. The van der Waals surface area contributed by atoms with Gasteiger partial charge in [0.05, 0.1) is 0 Å². The van der Waals surface area contributed by atoms with Crippen molar-refractivity contribution in [3.05, 3.63) is 0 Å². The third-order valence-corrected chi connectivity index (χ3v) is 2.33. The van der Waals surface area contributed by atoms with Crippen LogP contribution in [0.2, 0.25) is 0 Å². The van der Waals surface area contributed by atoms with Gasteiger partial charge in [0.2, 0.25) is 2.14 Å². The zero-order chi connectivity index (χ0) is 9.07. The van der Waals surface area contributed by atoms with Crippen LogP contribution in [-0.2, 0) is 4.79 Å². The third kappa shape index (κ3) is 5.20. The summed E-state index contributed by atoms with van der Waals surface area (Å²) in [6.45, 7) is 3.97. The Morgan fingerprint density at radius 3 is 2.27 bits per heavy atom. The normalized spacial score (nSPS) is 14.3. The quantitative estimate of drug-likeness (QED) is 0.761. The Bertz CT molecular complexity index is 143. The number of amides is 1. The number of halogens is 3. The van der Waals surface area contributed by atoms with E-state index in [4.69, 9.17) is 0 Å². The van der Waals surface area contributed by atoms with Crippen molar-refractivity contribution in [1.82, 2.24) is 5.32 Å². The summed E-state index contributed by atoms with van der Waals surface area (Å²) in [6.07, 6.45) is 0.925. The summed E-state index contributed by atoms with van der Waals surface area (Å²) >= 11 is 9.37. The predicted octanol–water partition coefficient (Wildman–Crippen LogP) is 2.74. The van der Waals surface area contributed by atoms with Crippen LogP contribution in [0.15, 0.2) is 0 Å². The highest BCUT2D eigenvalue weighted by Gasteiger charge is 2.28. The smallest absolute Gasteiger partial charge is 0.258 e. The van der Waals surface area contributed by atoms with Gasteiger partial charge in [-0.05, 0) is 61.1 Å². The summed E-state index contributed by atoms with van der Waals surface area (Å²) < 4.78 is -0.823. The first-order chi connectivity index (χ1) is 4.88. The van der Waals surface area contributed by atoms with Gasteiger partial charge in [0.25, 0.3) is 5.91 Å². The van der Waals surface area contributed by atoms with E-state index in [1.807, 2.05) is 13.8 Å². The summed E-state index contributed by atoms with van der Waals surface area (Å²) in [7, 11) is 0. The molecule has 0 aromatic heterocycles. The van der Waals surface area contributed by atoms with Crippen molar-refractivity contribution in [3.8, 4) is 0 Å². The maximum Gasteiger partial charge on any atom is 0.258 e. The van der Waals surface area contributed by atoms with Crippen LogP contribution in [0, 0.1) is 0 Å². The third-order valence-electron chi connectivity index (χ3n) is 1.25. The van der Waals surface area contributed by atoms with Crippen LogP contribution in [0.1, 0.15) is 20.3 Å². The van der Waals surface area contributed by atoms with Crippen molar-refractivity contribution in [1.29, 1.82) is 0 Å². The molecule has 1 N–H and O–H groups in total. The Kier molecular flexibility index (Phi) is 5.22. The number of hydrogen-bond donors (Lipinski definition) is 1. The minimum absolute atomic E-state index is 0.119. The SMILES string of the molecule is CCC(C)NC(=O)C(Br)(Br)Br. The van der Waals surface area contributed by atoms with Gasteiger partial charge in [-0.25, -0.2) is 0 Å². The molecule has 0 spiro atoms. The summed E-state index contributed by atoms with van der Waals surface area (Å²) in [4.78, 5) is 11.2. The number of hydrogen-bond acceptors (Lipinski definition) is 1. The van der Waals surface area contributed by atoms with Crippen molar-refractivity contribution in [2.75, 3.05) is 0 Å². The van der Waals surface area contributed by atoms with E-state index in [0.29, 0.717) is 0 Å². The molecule has 5 heteroatoms. The molecule has 66 valence electrons. The molecule has 0 heterocycles. The van der Waals surface area contributed by atoms with E-state index in [0.717, 1.165) is 6.42 Å². The van der Waals surface area contributed by atoms with Crippen molar-refractivity contribution in [2.24, 2.45) is 0 Å². The van der Waals surface area contributed by atoms with E-state index in [-0.39, 0.29) is 11.9 Å². The summed E-state index contributed by atoms with van der Waals surface area (Å²) in [5, 5.41) is 2.79. The molecular formula is C6H10Br3NO. The zero-order valence-electron chi connectivity index (χ0n) is 6.33. The molecule has 0 saturated carbocycles. The largest absolute Gasteiger partial charge is 0.351 e. The molecule has 0 aliphatic heterocycles. The van der Waals surface area contributed by atoms with E-state index < -0.39 is 2.14 Å². The minimum Gasteiger partial charge on any atom is -0.351 e. The first kappa shape index (κ1) is 11.9. The Labute approximate surface area is 91.9 Å². The number of carbonyl (C=O) groups excluding carboxylic acids is 1. The maximum atomic E-state index is 11.2. The molecule has 1 amide bonds. The average molecular weight is 352 g/mol. The lowest BCUT2D eigenvalue weighted by atomic mass is 10.3. The second kappa shape index (κ2) is 4.82. The summed E-state index contributed by atoms with van der Waals surface area (Å²) in [5.74, 6) is -0.119. The van der Waals surface area contributed by atoms with Gasteiger partial charge < -0.3 is 5.32 Å². The Morgan fingerprint density at radius 1 is 1.55 bits per heavy atom. The van der Waals surface area contributed by atoms with Gasteiger partial charge in [-0.2, -0.15) is 0 Å². The molecule has 0 aliphatic rings. The fraction of sp³-hybridized carbons (Fsp3) is 0.833. The summed E-state index contributed by atoms with van der Waals surface area (Å²) in [5.41, 5.74) is 0. The van der Waals surface area contributed by atoms with Gasteiger partial charge in [-0.1, -0.05) is 6.92 Å². The lowest BCUT2D eigenvalue weighted by Gasteiger charge is -2.16. The molecule has 0 bridgehead atoms. The lowest BCUT2D eigenvalue weighted by Crippen LogP contribution is -2.39. The first-order valence-electron chi connectivity index (χ1n) is 3.25. The second-order valence-corrected chi connectivity index (χ2v) is 9.04. The molecule has 0 aliphatic carbocycles. The van der Waals surface area contributed by atoms with Crippen molar-refractivity contribution >= 4 is 53.7 Å². The molecule has 0 aromatic rings. The predicted molar refractivity (Wildman–Crippen MR) is 57.4 cm³/mol. The number of carbonyl (C=O) groups is 1. The van der Waals surface area contributed by atoms with Crippen LogP contribution in [-0.4, -0.2) is 14.1 Å². The van der Waals surface area contributed by atoms with Crippen LogP contribution in [0.4, 0.5) is 0 Å². The molecule has 2 nitrogen and oxygen atoms in total. The van der Waals surface area contributed by atoms with Gasteiger partial charge in [-0.15, -0.1) is 0 Å². The van der Waals surface area contributed by atoms with Crippen molar-refractivity contribution in [2.45, 2.75) is 28.5 Å². The van der Waals surface area contributed by atoms with Crippen LogP contribution >= 0.6 is 47.8 Å². The van der Waals surface area contributed by atoms with Gasteiger partial charge in [0, 0.05) is 6.04 Å². The van der Waals surface area contributed by atoms with Crippen LogP contribution in [0.25, 0.3) is 0 Å². The minimum atomic E-state index is -0.823. The molecule has 0 aromatic carbocycles. The molecule has 0 radical (unpaired) electrons. The highest BCUT2D eigenvalue weighted by atomic mass is 80.0. The van der Waals surface area contributed by atoms with E-state index >= 15 is 0 Å². The van der Waals surface area contributed by atoms with E-state index in [2.05, 4.69) is 53.1 Å². The number of alkyl halides is 3. The second-order valence-electron chi connectivity index (χ2n) is 2.28. The van der Waals surface area contributed by atoms with Crippen molar-refractivity contribution in [3.63, 3.8) is 0 Å². The standard InChI is InChI=1S/C6H10Br3NO/c1-3-4(2)10-5(11)6(7,8)9/h4H,3H2,1-2H3,(H,10,11). The Balaban J connectivity index is 3.88. The average Bonchev–Trinajstić information content (AvgIpc) is 1.85. The van der Waals surface area contributed by atoms with Crippen molar-refractivity contribution < 1.29 is 4.79 Å². The van der Waals surface area contributed by atoms with E-state index in [1.165, 1.54) is 0 Å². The van der Waals surface area contributed by atoms with Gasteiger partial charge >= 0.3 is 0 Å². The van der Waals surface area contributed by atoms with E-state index in [1.54, 1.807) is 0 Å². The Hall–Kier alpha value is 0.910. The zero-order valence-corrected chi connectivity index (χ0v) is 11.1. The number of nitrogens with one attached hydrogen (secondary N) is 1. The number of rotatable bonds is 2. The monoisotopic (exact) mass is 349 g/mol. The highest BCUT2D eigenvalue weighted by Crippen LogP contribution is 2.33. The van der Waals surface area contributed by atoms with E-state index in [9.17, 15) is 4.79 Å². The fourth-order valence-corrected chi connectivity index (χ4v) is 0.751. The molecular weight excluding hydrogens is 342 g/mol. The molecule has 1 atom stereocenters. The molecule has 1 unspecified atom stereocenters. The van der Waals surface area contributed by atoms with Crippen LogP contribution in [0.3, 0.4) is 0 Å². The highest BCUT2D eigenvalue weighted by molar-refractivity contribution is 9.40. The molecule has 0 rings (SSSR count). The first-order valence-corrected chi connectivity index (χ1v) is 5.63. The molecule has 0 fully saturated rings.